The third-order valence-electron chi connectivity index (χ3n) is 3.48. The first-order chi connectivity index (χ1) is 8.65. The first kappa shape index (κ1) is 11.0. The zero-order valence-electron chi connectivity index (χ0n) is 9.87. The Labute approximate surface area is 105 Å². The third kappa shape index (κ3) is 1.70. The molecule has 18 heavy (non-hydrogen) atoms. The van der Waals surface area contributed by atoms with Crippen molar-refractivity contribution in [2.45, 2.75) is 6.04 Å². The molecule has 1 aromatic rings. The van der Waals surface area contributed by atoms with E-state index in [1.54, 1.807) is 0 Å². The zero-order chi connectivity index (χ0) is 12.7. The van der Waals surface area contributed by atoms with Gasteiger partial charge in [-0.15, -0.1) is 0 Å². The number of nitrogens with zero attached hydrogens (tertiary/aromatic N) is 2. The van der Waals surface area contributed by atoms with Crippen LogP contribution in [0.4, 0.5) is 16.2 Å². The topological polar surface area (TPSA) is 79.0 Å². The smallest absolute Gasteiger partial charge is 0.407 e. The molecular weight excluding hydrogens is 234 g/mol. The van der Waals surface area contributed by atoms with Gasteiger partial charge in [-0.05, 0) is 12.1 Å². The molecule has 1 atom stereocenters. The van der Waals surface area contributed by atoms with E-state index in [0.29, 0.717) is 31.9 Å². The quantitative estimate of drug-likeness (QED) is 0.666. The molecule has 96 valence electrons. The Bertz CT molecular complexity index is 491. The third-order valence-corrected chi connectivity index (χ3v) is 3.48. The number of carbonyl (C=O) groups is 1. The summed E-state index contributed by atoms with van der Waals surface area (Å²) in [6.45, 7) is 2.20. The van der Waals surface area contributed by atoms with Crippen LogP contribution in [-0.4, -0.2) is 48.4 Å². The molecule has 1 aromatic carbocycles. The second-order valence-electron chi connectivity index (χ2n) is 4.61. The fourth-order valence-electron chi connectivity index (χ4n) is 2.56. The molecule has 6 heteroatoms. The molecule has 0 aromatic heterocycles. The van der Waals surface area contributed by atoms with Crippen LogP contribution in [0.1, 0.15) is 0 Å². The van der Waals surface area contributed by atoms with Crippen molar-refractivity contribution >= 4 is 17.5 Å². The van der Waals surface area contributed by atoms with Gasteiger partial charge in [0, 0.05) is 31.4 Å². The number of anilines is 2. The number of amides is 1. The van der Waals surface area contributed by atoms with E-state index in [4.69, 9.17) is 15.6 Å². The largest absolute Gasteiger partial charge is 0.489 e. The van der Waals surface area contributed by atoms with Gasteiger partial charge in [0.25, 0.3) is 0 Å². The van der Waals surface area contributed by atoms with Crippen LogP contribution in [0.25, 0.3) is 0 Å². The molecule has 0 radical (unpaired) electrons. The highest BCUT2D eigenvalue weighted by molar-refractivity contribution is 5.68. The highest BCUT2D eigenvalue weighted by Gasteiger charge is 2.34. The standard InChI is InChI=1S/C12H15N3O3/c13-8-1-2-10-11(5-8)18-7-9-6-14(12(16)17)3-4-15(9)10/h1-2,5,9H,3-4,6-7,13H2,(H,16,17)/t9-/m0/s1. The molecule has 2 aliphatic heterocycles. The molecule has 2 aliphatic rings. The van der Waals surface area contributed by atoms with Crippen LogP contribution in [-0.2, 0) is 0 Å². The summed E-state index contributed by atoms with van der Waals surface area (Å²) in [4.78, 5) is 14.6. The van der Waals surface area contributed by atoms with Gasteiger partial charge in [0.05, 0.1) is 11.7 Å². The van der Waals surface area contributed by atoms with Crippen molar-refractivity contribution in [3.8, 4) is 5.75 Å². The number of fused-ring (bicyclic) bond motifs is 3. The van der Waals surface area contributed by atoms with Gasteiger partial charge < -0.3 is 25.4 Å². The Balaban J connectivity index is 1.86. The Morgan fingerprint density at radius 1 is 1.44 bits per heavy atom. The fourth-order valence-corrected chi connectivity index (χ4v) is 2.56. The summed E-state index contributed by atoms with van der Waals surface area (Å²) in [6, 6.07) is 5.68. The number of ether oxygens (including phenoxy) is 1. The first-order valence-corrected chi connectivity index (χ1v) is 5.92. The average Bonchev–Trinajstić information content (AvgIpc) is 2.37. The number of nitrogens with two attached hydrogens (primary N) is 1. The van der Waals surface area contributed by atoms with Crippen LogP contribution in [0.2, 0.25) is 0 Å². The van der Waals surface area contributed by atoms with Crippen molar-refractivity contribution in [1.29, 1.82) is 0 Å². The molecule has 3 N–H and O–H groups in total. The van der Waals surface area contributed by atoms with Crippen LogP contribution in [0.5, 0.6) is 5.75 Å². The molecule has 0 unspecified atom stereocenters. The summed E-state index contributed by atoms with van der Waals surface area (Å²) in [5.74, 6) is 0.787. The summed E-state index contributed by atoms with van der Waals surface area (Å²) < 4.78 is 5.66. The second kappa shape index (κ2) is 3.97. The minimum absolute atomic E-state index is 0.0889. The molecule has 1 fully saturated rings. The van der Waals surface area contributed by atoms with Gasteiger partial charge in [0.15, 0.2) is 0 Å². The number of carboxylic acid groups (broad SMARTS) is 1. The Morgan fingerprint density at radius 3 is 3.06 bits per heavy atom. The Morgan fingerprint density at radius 2 is 2.28 bits per heavy atom. The summed E-state index contributed by atoms with van der Waals surface area (Å²) in [6.07, 6.45) is -0.863. The predicted molar refractivity (Wildman–Crippen MR) is 67.1 cm³/mol. The fraction of sp³-hybridized carbons (Fsp3) is 0.417. The van der Waals surface area contributed by atoms with E-state index in [9.17, 15) is 4.79 Å². The highest BCUT2D eigenvalue weighted by Crippen LogP contribution is 2.36. The monoisotopic (exact) mass is 249 g/mol. The van der Waals surface area contributed by atoms with Gasteiger partial charge in [-0.2, -0.15) is 0 Å². The van der Waals surface area contributed by atoms with Gasteiger partial charge in [0.2, 0.25) is 0 Å². The van der Waals surface area contributed by atoms with Crippen molar-refractivity contribution in [2.75, 3.05) is 36.9 Å². The minimum Gasteiger partial charge on any atom is -0.489 e. The number of rotatable bonds is 0. The maximum Gasteiger partial charge on any atom is 0.407 e. The van der Waals surface area contributed by atoms with Crippen molar-refractivity contribution in [3.05, 3.63) is 18.2 Å². The summed E-state index contributed by atoms with van der Waals surface area (Å²) in [5.41, 5.74) is 7.41. The van der Waals surface area contributed by atoms with Crippen LogP contribution in [0.3, 0.4) is 0 Å². The maximum atomic E-state index is 11.0. The lowest BCUT2D eigenvalue weighted by atomic mass is 10.1. The molecule has 2 heterocycles. The second-order valence-corrected chi connectivity index (χ2v) is 4.61. The van der Waals surface area contributed by atoms with Crippen molar-refractivity contribution in [2.24, 2.45) is 0 Å². The van der Waals surface area contributed by atoms with Gasteiger partial charge in [0.1, 0.15) is 12.4 Å². The van der Waals surface area contributed by atoms with E-state index < -0.39 is 6.09 Å². The van der Waals surface area contributed by atoms with Gasteiger partial charge in [-0.1, -0.05) is 0 Å². The number of nitrogen functional groups attached to an aromatic ring is 1. The summed E-state index contributed by atoms with van der Waals surface area (Å²) >= 11 is 0. The number of piperazine rings is 1. The van der Waals surface area contributed by atoms with E-state index >= 15 is 0 Å². The van der Waals surface area contributed by atoms with Crippen LogP contribution >= 0.6 is 0 Å². The molecule has 0 spiro atoms. The number of hydrogen-bond donors (Lipinski definition) is 2. The van der Waals surface area contributed by atoms with E-state index in [1.807, 2.05) is 18.2 Å². The predicted octanol–water partition coefficient (Wildman–Crippen LogP) is 0.830. The van der Waals surface area contributed by atoms with E-state index in [0.717, 1.165) is 11.4 Å². The first-order valence-electron chi connectivity index (χ1n) is 5.92. The molecule has 6 nitrogen and oxygen atoms in total. The summed E-state index contributed by atoms with van der Waals surface area (Å²) in [5, 5.41) is 9.01. The maximum absolute atomic E-state index is 11.0. The van der Waals surface area contributed by atoms with Gasteiger partial charge in [-0.25, -0.2) is 4.79 Å². The van der Waals surface area contributed by atoms with Crippen molar-refractivity contribution in [3.63, 3.8) is 0 Å². The van der Waals surface area contributed by atoms with E-state index in [2.05, 4.69) is 4.90 Å². The SMILES string of the molecule is Nc1ccc2c(c1)OC[C@@H]1CN(C(=O)O)CCN21. The highest BCUT2D eigenvalue weighted by atomic mass is 16.5. The van der Waals surface area contributed by atoms with Crippen molar-refractivity contribution in [1.82, 2.24) is 4.90 Å². The molecule has 1 amide bonds. The number of benzene rings is 1. The zero-order valence-corrected chi connectivity index (χ0v) is 9.87. The van der Waals surface area contributed by atoms with Gasteiger partial charge in [-0.3, -0.25) is 0 Å². The van der Waals surface area contributed by atoms with Gasteiger partial charge >= 0.3 is 6.09 Å². The van der Waals surface area contributed by atoms with Crippen LogP contribution < -0.4 is 15.4 Å². The molecule has 1 saturated heterocycles. The molecule has 0 bridgehead atoms. The Hall–Kier alpha value is -2.11. The average molecular weight is 249 g/mol. The lowest BCUT2D eigenvalue weighted by Gasteiger charge is -2.44. The van der Waals surface area contributed by atoms with E-state index in [1.165, 1.54) is 4.90 Å². The van der Waals surface area contributed by atoms with Crippen molar-refractivity contribution < 1.29 is 14.6 Å². The lowest BCUT2D eigenvalue weighted by molar-refractivity contribution is 0.123. The molecular formula is C12H15N3O3. The Kier molecular flexibility index (Phi) is 2.43. The minimum atomic E-state index is -0.863. The number of hydrogen-bond acceptors (Lipinski definition) is 4. The molecule has 0 saturated carbocycles. The van der Waals surface area contributed by atoms with E-state index in [-0.39, 0.29) is 6.04 Å². The molecule has 3 rings (SSSR count). The van der Waals surface area contributed by atoms with Crippen LogP contribution in [0, 0.1) is 0 Å². The summed E-state index contributed by atoms with van der Waals surface area (Å²) in [7, 11) is 0. The van der Waals surface area contributed by atoms with Crippen LogP contribution in [0.15, 0.2) is 18.2 Å². The normalized spacial score (nSPS) is 21.9. The molecule has 0 aliphatic carbocycles. The lowest BCUT2D eigenvalue weighted by Crippen LogP contribution is -2.58.